The molecule has 0 spiro atoms. The van der Waals surface area contributed by atoms with Gasteiger partial charge in [0.2, 0.25) is 0 Å². The van der Waals surface area contributed by atoms with Gasteiger partial charge in [-0.15, -0.1) is 11.3 Å². The number of thiophene rings is 1. The van der Waals surface area contributed by atoms with Gasteiger partial charge in [0.05, 0.1) is 4.88 Å². The Morgan fingerprint density at radius 2 is 2.10 bits per heavy atom. The highest BCUT2D eigenvalue weighted by molar-refractivity contribution is 7.14. The first-order valence-electron chi connectivity index (χ1n) is 7.75. The Hall–Kier alpha value is -0.870. The molecule has 1 amide bonds. The molecule has 1 saturated heterocycles. The zero-order valence-corrected chi connectivity index (χ0v) is 13.3. The van der Waals surface area contributed by atoms with Crippen LogP contribution < -0.4 is 5.32 Å². The van der Waals surface area contributed by atoms with Gasteiger partial charge in [0.25, 0.3) is 5.91 Å². The lowest BCUT2D eigenvalue weighted by Gasteiger charge is -2.31. The van der Waals surface area contributed by atoms with Crippen molar-refractivity contribution < 1.29 is 4.79 Å². The van der Waals surface area contributed by atoms with Crippen LogP contribution in [0.3, 0.4) is 0 Å². The first-order valence-corrected chi connectivity index (χ1v) is 8.57. The molecule has 2 heterocycles. The summed E-state index contributed by atoms with van der Waals surface area (Å²) in [6.45, 7) is 4.09. The summed E-state index contributed by atoms with van der Waals surface area (Å²) in [4.78, 5) is 17.1. The van der Waals surface area contributed by atoms with Crippen LogP contribution in [0.25, 0.3) is 0 Å². The van der Waals surface area contributed by atoms with Crippen molar-refractivity contribution in [2.45, 2.75) is 45.1 Å². The minimum atomic E-state index is 0.256. The second-order valence-electron chi connectivity index (χ2n) is 6.26. The molecule has 2 aliphatic rings. The second kappa shape index (κ2) is 5.86. The first-order chi connectivity index (χ1) is 9.67. The molecule has 0 aromatic carbocycles. The second-order valence-corrected chi connectivity index (χ2v) is 7.40. The molecule has 1 aliphatic carbocycles. The zero-order chi connectivity index (χ0) is 14.1. The van der Waals surface area contributed by atoms with E-state index in [4.69, 9.17) is 0 Å². The summed E-state index contributed by atoms with van der Waals surface area (Å²) in [5.41, 5.74) is 1.43. The van der Waals surface area contributed by atoms with E-state index in [1.807, 2.05) is 11.9 Å². The zero-order valence-electron chi connectivity index (χ0n) is 12.4. The van der Waals surface area contributed by atoms with Crippen molar-refractivity contribution in [3.63, 3.8) is 0 Å². The van der Waals surface area contributed by atoms with E-state index in [1.54, 1.807) is 11.3 Å². The van der Waals surface area contributed by atoms with Crippen LogP contribution in [0.2, 0.25) is 0 Å². The predicted octanol–water partition coefficient (Wildman–Crippen LogP) is 2.70. The number of nitrogens with one attached hydrogen (secondary N) is 1. The quantitative estimate of drug-likeness (QED) is 0.909. The van der Waals surface area contributed by atoms with E-state index in [0.717, 1.165) is 49.6 Å². The number of rotatable bonds is 2. The van der Waals surface area contributed by atoms with Crippen LogP contribution >= 0.6 is 11.3 Å². The monoisotopic (exact) mass is 292 g/mol. The van der Waals surface area contributed by atoms with Crippen molar-refractivity contribution in [2.24, 2.45) is 5.92 Å². The van der Waals surface area contributed by atoms with Crippen LogP contribution in [-0.4, -0.2) is 37.0 Å². The molecule has 1 aliphatic heterocycles. The van der Waals surface area contributed by atoms with E-state index < -0.39 is 0 Å². The predicted molar refractivity (Wildman–Crippen MR) is 83.5 cm³/mol. The number of hydrogen-bond donors (Lipinski definition) is 1. The van der Waals surface area contributed by atoms with E-state index in [9.17, 15) is 4.79 Å². The van der Waals surface area contributed by atoms with Gasteiger partial charge in [0.15, 0.2) is 0 Å². The Labute approximate surface area is 125 Å². The molecule has 1 aromatic heterocycles. The highest BCUT2D eigenvalue weighted by atomic mass is 32.1. The van der Waals surface area contributed by atoms with E-state index in [2.05, 4.69) is 18.3 Å². The highest BCUT2D eigenvalue weighted by Gasteiger charge is 2.26. The number of hydrogen-bond acceptors (Lipinski definition) is 3. The molecule has 1 atom stereocenters. The van der Waals surface area contributed by atoms with Gasteiger partial charge in [0, 0.05) is 24.0 Å². The number of fused-ring (bicyclic) bond motifs is 1. The van der Waals surface area contributed by atoms with Crippen molar-refractivity contribution in [1.29, 1.82) is 0 Å². The Balaban J connectivity index is 1.69. The normalized spacial score (nSPS) is 23.7. The summed E-state index contributed by atoms with van der Waals surface area (Å²) in [6.07, 6.45) is 5.74. The number of likely N-dealkylation sites (tertiary alicyclic amines) is 1. The third kappa shape index (κ3) is 2.77. The number of carbonyl (C=O) groups excluding carboxylic acids is 1. The average Bonchev–Trinajstić information content (AvgIpc) is 2.89. The molecular weight excluding hydrogens is 268 g/mol. The van der Waals surface area contributed by atoms with Crippen molar-refractivity contribution in [3.05, 3.63) is 21.4 Å². The van der Waals surface area contributed by atoms with Gasteiger partial charge in [-0.1, -0.05) is 6.92 Å². The van der Waals surface area contributed by atoms with Crippen molar-refractivity contribution in [2.75, 3.05) is 20.1 Å². The van der Waals surface area contributed by atoms with Crippen LogP contribution in [0.4, 0.5) is 0 Å². The molecule has 3 nitrogen and oxygen atoms in total. The Morgan fingerprint density at radius 3 is 2.80 bits per heavy atom. The van der Waals surface area contributed by atoms with E-state index in [1.165, 1.54) is 16.9 Å². The number of aryl methyl sites for hydroxylation is 1. The van der Waals surface area contributed by atoms with Gasteiger partial charge in [-0.25, -0.2) is 0 Å². The fraction of sp³-hybridized carbons (Fsp3) is 0.688. The summed E-state index contributed by atoms with van der Waals surface area (Å²) < 4.78 is 0. The summed E-state index contributed by atoms with van der Waals surface area (Å²) in [6, 6.07) is 2.75. The summed E-state index contributed by atoms with van der Waals surface area (Å²) in [5.74, 6) is 1.03. The van der Waals surface area contributed by atoms with Gasteiger partial charge in [0.1, 0.15) is 0 Å². The largest absolute Gasteiger partial charge is 0.338 e. The highest BCUT2D eigenvalue weighted by Crippen LogP contribution is 2.33. The van der Waals surface area contributed by atoms with Crippen LogP contribution in [-0.2, 0) is 12.8 Å². The third-order valence-electron chi connectivity index (χ3n) is 4.73. The maximum Gasteiger partial charge on any atom is 0.263 e. The fourth-order valence-corrected chi connectivity index (χ4v) is 4.51. The molecule has 0 bridgehead atoms. The van der Waals surface area contributed by atoms with Crippen molar-refractivity contribution in [1.82, 2.24) is 10.2 Å². The molecule has 110 valence electrons. The molecule has 1 fully saturated rings. The lowest BCUT2D eigenvalue weighted by Crippen LogP contribution is -2.43. The Bertz CT molecular complexity index is 489. The van der Waals surface area contributed by atoms with Crippen molar-refractivity contribution in [3.8, 4) is 0 Å². The summed E-state index contributed by atoms with van der Waals surface area (Å²) in [7, 11) is 2.01. The number of nitrogens with zero attached hydrogens (tertiary/aromatic N) is 1. The first kappa shape index (κ1) is 14.1. The molecule has 0 radical (unpaired) electrons. The van der Waals surface area contributed by atoms with Crippen LogP contribution in [0.5, 0.6) is 0 Å². The van der Waals surface area contributed by atoms with Gasteiger partial charge < -0.3 is 10.2 Å². The SMILES string of the molecule is CNC1CCN(C(=O)c2cc3c(s2)CCC(C)C3)CC1. The van der Waals surface area contributed by atoms with Gasteiger partial charge in [-0.2, -0.15) is 0 Å². The van der Waals surface area contributed by atoms with Crippen molar-refractivity contribution >= 4 is 17.2 Å². The molecule has 20 heavy (non-hydrogen) atoms. The van der Waals surface area contributed by atoms with E-state index in [0.29, 0.717) is 6.04 Å². The molecule has 0 saturated carbocycles. The molecule has 1 unspecified atom stereocenters. The lowest BCUT2D eigenvalue weighted by molar-refractivity contribution is 0.0712. The standard InChI is InChI=1S/C16H24N2OS/c1-11-3-4-14-12(9-11)10-15(20-14)16(19)18-7-5-13(17-2)6-8-18/h10-11,13,17H,3-9H2,1-2H3. The number of amides is 1. The maximum atomic E-state index is 12.6. The Morgan fingerprint density at radius 1 is 1.35 bits per heavy atom. The smallest absolute Gasteiger partial charge is 0.263 e. The van der Waals surface area contributed by atoms with Gasteiger partial charge in [-0.05, 0) is 56.7 Å². The average molecular weight is 292 g/mol. The molecule has 1 aromatic rings. The molecular formula is C16H24N2OS. The number of carbonyl (C=O) groups is 1. The van der Waals surface area contributed by atoms with Crippen LogP contribution in [0.1, 0.15) is 46.3 Å². The van der Waals surface area contributed by atoms with Crippen LogP contribution in [0.15, 0.2) is 6.07 Å². The topological polar surface area (TPSA) is 32.3 Å². The minimum absolute atomic E-state index is 0.256. The maximum absolute atomic E-state index is 12.6. The van der Waals surface area contributed by atoms with E-state index in [-0.39, 0.29) is 5.91 Å². The molecule has 1 N–H and O–H groups in total. The van der Waals surface area contributed by atoms with Gasteiger partial charge >= 0.3 is 0 Å². The minimum Gasteiger partial charge on any atom is -0.338 e. The summed E-state index contributed by atoms with van der Waals surface area (Å²) >= 11 is 1.74. The van der Waals surface area contributed by atoms with Gasteiger partial charge in [-0.3, -0.25) is 4.79 Å². The number of piperidine rings is 1. The molecule has 3 rings (SSSR count). The molecule has 4 heteroatoms. The van der Waals surface area contributed by atoms with Crippen LogP contribution in [0, 0.1) is 5.92 Å². The van der Waals surface area contributed by atoms with E-state index >= 15 is 0 Å². The Kier molecular flexibility index (Phi) is 4.13. The lowest BCUT2D eigenvalue weighted by atomic mass is 9.90. The fourth-order valence-electron chi connectivity index (χ4n) is 3.34. The third-order valence-corrected chi connectivity index (χ3v) is 5.96. The summed E-state index contributed by atoms with van der Waals surface area (Å²) in [5, 5.41) is 3.31.